The molecule has 0 aromatic carbocycles. The second-order valence-corrected chi connectivity index (χ2v) is 18.2. The first-order chi connectivity index (χ1) is 14.1. The molecule has 7 unspecified atom stereocenters. The monoisotopic (exact) mass is 646 g/mol. The summed E-state index contributed by atoms with van der Waals surface area (Å²) in [5, 5.41) is -1.79. The minimum atomic E-state index is -1.79. The predicted octanol–water partition coefficient (Wildman–Crippen LogP) is 0.137. The molecular formula is C16H31B2N2O6P3W. The molecule has 2 aliphatic heterocycles. The van der Waals surface area contributed by atoms with Crippen LogP contribution in [0.25, 0.3) is 0 Å². The van der Waals surface area contributed by atoms with E-state index in [1.54, 1.807) is 0 Å². The average molecular weight is 646 g/mol. The van der Waals surface area contributed by atoms with Gasteiger partial charge in [0.25, 0.3) is 0 Å². The third-order valence-corrected chi connectivity index (χ3v) is 11.3. The van der Waals surface area contributed by atoms with Gasteiger partial charge in [0.1, 0.15) is 0 Å². The topological polar surface area (TPSA) is 77.5 Å². The van der Waals surface area contributed by atoms with E-state index in [2.05, 4.69) is 41.5 Å². The van der Waals surface area contributed by atoms with Crippen molar-refractivity contribution in [1.82, 2.24) is 9.57 Å². The second kappa shape index (κ2) is 13.1. The maximum atomic E-state index is 11.7. The van der Waals surface area contributed by atoms with E-state index in [0.29, 0.717) is 13.2 Å². The summed E-state index contributed by atoms with van der Waals surface area (Å²) < 4.78 is 26.1. The number of morpholine rings is 2. The quantitative estimate of drug-likeness (QED) is 0.144. The van der Waals surface area contributed by atoms with Crippen LogP contribution in [0.15, 0.2) is 0 Å². The number of esters is 1. The van der Waals surface area contributed by atoms with Crippen LogP contribution in [0.1, 0.15) is 13.3 Å². The molecule has 2 fully saturated rings. The van der Waals surface area contributed by atoms with E-state index in [1.165, 1.54) is 25.7 Å². The zero-order chi connectivity index (χ0) is 22.3. The molecule has 0 aromatic heterocycles. The number of ether oxygens (including phenoxy) is 3. The van der Waals surface area contributed by atoms with E-state index in [9.17, 15) is 9.59 Å². The number of hydrogen-bond acceptors (Lipinski definition) is 8. The molecule has 7 atom stereocenters. The number of hydrogen-bond donors (Lipinski definition) is 0. The molecule has 168 valence electrons. The fraction of sp³-hybridized carbons (Fsp3) is 0.875. The van der Waals surface area contributed by atoms with E-state index < -0.39 is 11.2 Å². The molecule has 2 saturated heterocycles. The van der Waals surface area contributed by atoms with E-state index >= 15 is 0 Å². The molecule has 14 heteroatoms. The zero-order valence-corrected chi connectivity index (χ0v) is 23.9. The summed E-state index contributed by atoms with van der Waals surface area (Å²) in [6.45, 7) is 11.3. The Morgan fingerprint density at radius 2 is 1.70 bits per heavy atom. The Labute approximate surface area is 196 Å². The maximum absolute atomic E-state index is 11.7. The van der Waals surface area contributed by atoms with Crippen molar-refractivity contribution < 1.29 is 47.1 Å². The third-order valence-electron chi connectivity index (χ3n) is 4.81. The number of ketones is 1. The van der Waals surface area contributed by atoms with Crippen LogP contribution in [0.2, 0.25) is 0 Å². The van der Waals surface area contributed by atoms with Crippen LogP contribution in [-0.2, 0) is 47.1 Å². The Hall–Kier alpha value is 1.05. The fourth-order valence-corrected chi connectivity index (χ4v) is 7.41. The van der Waals surface area contributed by atoms with Gasteiger partial charge in [0.15, 0.2) is 0 Å². The summed E-state index contributed by atoms with van der Waals surface area (Å²) in [5.41, 5.74) is 0. The van der Waals surface area contributed by atoms with Gasteiger partial charge in [-0.2, -0.15) is 0 Å². The fourth-order valence-electron chi connectivity index (χ4n) is 3.35. The van der Waals surface area contributed by atoms with Crippen LogP contribution in [0.4, 0.5) is 0 Å². The molecule has 0 N–H and O–H groups in total. The SMILES string of the molecule is CC(=O)CC(=O)OCC1CN([P](C)(=[W])OCC2CN(C)CC([B]P)O2)CC([B]P)O1. The molecule has 0 saturated carbocycles. The van der Waals surface area contributed by atoms with Crippen LogP contribution < -0.4 is 0 Å². The summed E-state index contributed by atoms with van der Waals surface area (Å²) in [6.07, 6.45) is -0.420. The number of carbonyl (C=O) groups excluding carboxylic acids is 2. The van der Waals surface area contributed by atoms with Crippen LogP contribution in [0.5, 0.6) is 0 Å². The van der Waals surface area contributed by atoms with Gasteiger partial charge in [0, 0.05) is 0 Å². The van der Waals surface area contributed by atoms with Crippen LogP contribution in [0.3, 0.4) is 0 Å². The molecular weight excluding hydrogens is 615 g/mol. The average Bonchev–Trinajstić information content (AvgIpc) is 2.69. The Bertz CT molecular complexity index is 652. The molecule has 30 heavy (non-hydrogen) atoms. The van der Waals surface area contributed by atoms with Crippen molar-refractivity contribution in [2.45, 2.75) is 37.6 Å². The van der Waals surface area contributed by atoms with Crippen molar-refractivity contribution in [3.05, 3.63) is 0 Å². The summed E-state index contributed by atoms with van der Waals surface area (Å²) in [4.78, 5) is 25.1. The van der Waals surface area contributed by atoms with Crippen molar-refractivity contribution in [2.24, 2.45) is 0 Å². The van der Waals surface area contributed by atoms with Crippen LogP contribution in [0, 0.1) is 0 Å². The first-order valence-corrected chi connectivity index (χ1v) is 17.1. The van der Waals surface area contributed by atoms with Gasteiger partial charge in [-0.25, -0.2) is 0 Å². The van der Waals surface area contributed by atoms with E-state index in [0.717, 1.165) is 19.6 Å². The Morgan fingerprint density at radius 1 is 1.10 bits per heavy atom. The minimum absolute atomic E-state index is 0.0395. The standard InChI is InChI=1S/C16H31B2N2O6P3.W/c1-11(21)4-16(22)23-9-13-6-20(8-15(18-28)26-13)29(3)24-10-12-5-19(2)7-14(17-27)25-12;/h12-15H,4-10,27-28H2,1-3H3;. The van der Waals surface area contributed by atoms with Gasteiger partial charge in [-0.3, -0.25) is 0 Å². The molecule has 0 spiro atoms. The van der Waals surface area contributed by atoms with Gasteiger partial charge >= 0.3 is 197 Å². The van der Waals surface area contributed by atoms with Gasteiger partial charge in [0.05, 0.1) is 0 Å². The second-order valence-electron chi connectivity index (χ2n) is 7.73. The molecule has 0 amide bonds. The van der Waals surface area contributed by atoms with Gasteiger partial charge < -0.3 is 0 Å². The van der Waals surface area contributed by atoms with E-state index in [1.807, 2.05) is 14.0 Å². The molecule has 2 heterocycles. The van der Waals surface area contributed by atoms with E-state index in [4.69, 9.17) is 18.7 Å². The number of carbonyl (C=O) groups is 2. The Kier molecular flexibility index (Phi) is 11.9. The van der Waals surface area contributed by atoms with Crippen LogP contribution in [-0.4, -0.2) is 113 Å². The van der Waals surface area contributed by atoms with Crippen molar-refractivity contribution in [3.63, 3.8) is 0 Å². The normalized spacial score (nSPS) is 30.3. The molecule has 8 nitrogen and oxygen atoms in total. The molecule has 0 aliphatic carbocycles. The van der Waals surface area contributed by atoms with Crippen LogP contribution >= 0.6 is 23.5 Å². The summed E-state index contributed by atoms with van der Waals surface area (Å²) in [7, 11) is 7.33. The molecule has 2 rings (SSSR count). The van der Waals surface area contributed by atoms with Crippen molar-refractivity contribution in [1.29, 1.82) is 0 Å². The molecule has 2 radical (unpaired) electrons. The van der Waals surface area contributed by atoms with E-state index in [-0.39, 0.29) is 43.0 Å². The van der Waals surface area contributed by atoms with Gasteiger partial charge in [-0.1, -0.05) is 0 Å². The first-order valence-electron chi connectivity index (χ1n) is 9.85. The first kappa shape index (κ1) is 27.3. The number of rotatable bonds is 10. The predicted molar refractivity (Wildman–Crippen MR) is 122 cm³/mol. The van der Waals surface area contributed by atoms with Gasteiger partial charge in [-0.05, 0) is 0 Å². The summed E-state index contributed by atoms with van der Waals surface area (Å²) in [5.74, 6) is -0.715. The molecule has 2 aliphatic rings. The zero-order valence-electron chi connectivity index (χ0n) is 17.8. The molecule has 0 aromatic rings. The Morgan fingerprint density at radius 3 is 2.30 bits per heavy atom. The number of likely N-dealkylation sites (N-methyl/N-ethyl adjacent to an activating group) is 1. The van der Waals surface area contributed by atoms with Crippen molar-refractivity contribution >= 4 is 49.3 Å². The van der Waals surface area contributed by atoms with Gasteiger partial charge in [-0.15, -0.1) is 0 Å². The van der Waals surface area contributed by atoms with Crippen molar-refractivity contribution in [3.8, 4) is 0 Å². The number of Topliss-reactive ketones (excluding diaryl/α,β-unsaturated/α-hetero) is 1. The number of nitrogens with zero attached hydrogens (tertiary/aromatic N) is 2. The molecule has 0 bridgehead atoms. The van der Waals surface area contributed by atoms with Gasteiger partial charge in [0.2, 0.25) is 0 Å². The summed E-state index contributed by atoms with van der Waals surface area (Å²) >= 11 is 1.40. The summed E-state index contributed by atoms with van der Waals surface area (Å²) in [6, 6.07) is 0.0142. The Balaban J connectivity index is 1.91. The third kappa shape index (κ3) is 9.12. The van der Waals surface area contributed by atoms with Crippen molar-refractivity contribution in [2.75, 3.05) is 53.1 Å².